The van der Waals surface area contributed by atoms with Crippen LogP contribution >= 0.6 is 11.6 Å². The summed E-state index contributed by atoms with van der Waals surface area (Å²) in [6.45, 7) is 3.51. The molecule has 0 spiro atoms. The van der Waals surface area contributed by atoms with Gasteiger partial charge in [0.25, 0.3) is 5.91 Å². The number of pyridine rings is 1. The molecular weight excluding hydrogens is 326 g/mol. The summed E-state index contributed by atoms with van der Waals surface area (Å²) in [4.78, 5) is 16.4. The molecule has 6 heteroatoms. The average molecular weight is 346 g/mol. The van der Waals surface area contributed by atoms with Crippen molar-refractivity contribution in [3.63, 3.8) is 0 Å². The van der Waals surface area contributed by atoms with E-state index in [0.717, 1.165) is 37.2 Å². The second-order valence-corrected chi connectivity index (χ2v) is 6.27. The highest BCUT2D eigenvalue weighted by Gasteiger charge is 2.15. The molecule has 1 saturated heterocycles. The van der Waals surface area contributed by atoms with E-state index in [1.165, 1.54) is 0 Å². The van der Waals surface area contributed by atoms with Crippen LogP contribution in [0, 0.1) is 6.92 Å². The van der Waals surface area contributed by atoms with E-state index in [1.54, 1.807) is 18.3 Å². The van der Waals surface area contributed by atoms with Gasteiger partial charge in [0, 0.05) is 23.9 Å². The number of ether oxygens (including phenoxy) is 1. The second kappa shape index (κ2) is 7.64. The van der Waals surface area contributed by atoms with E-state index in [1.807, 2.05) is 25.1 Å². The second-order valence-electron chi connectivity index (χ2n) is 5.87. The Labute approximate surface area is 146 Å². The minimum atomic E-state index is -0.263. The molecule has 2 heterocycles. The molecule has 0 saturated carbocycles. The summed E-state index contributed by atoms with van der Waals surface area (Å²) in [7, 11) is 0. The van der Waals surface area contributed by atoms with Gasteiger partial charge < -0.3 is 15.4 Å². The Morgan fingerprint density at radius 1 is 1.33 bits per heavy atom. The fourth-order valence-electron chi connectivity index (χ4n) is 2.54. The zero-order valence-corrected chi connectivity index (χ0v) is 14.3. The Kier molecular flexibility index (Phi) is 5.33. The normalized spacial score (nSPS) is 16.8. The first-order chi connectivity index (χ1) is 11.6. The van der Waals surface area contributed by atoms with Gasteiger partial charge in [0.15, 0.2) is 0 Å². The molecule has 126 valence electrons. The van der Waals surface area contributed by atoms with Gasteiger partial charge in [0.1, 0.15) is 5.69 Å². The first kappa shape index (κ1) is 16.7. The summed E-state index contributed by atoms with van der Waals surface area (Å²) in [6, 6.07) is 8.95. The number of anilines is 2. The molecule has 1 aliphatic heterocycles. The lowest BCUT2D eigenvalue weighted by Gasteiger charge is -2.12. The lowest BCUT2D eigenvalue weighted by Crippen LogP contribution is -2.19. The van der Waals surface area contributed by atoms with Crippen molar-refractivity contribution in [1.82, 2.24) is 4.98 Å². The van der Waals surface area contributed by atoms with Crippen LogP contribution in [0.15, 0.2) is 36.5 Å². The number of amides is 1. The zero-order valence-electron chi connectivity index (χ0n) is 13.5. The van der Waals surface area contributed by atoms with Gasteiger partial charge in [0.05, 0.1) is 18.0 Å². The Morgan fingerprint density at radius 2 is 2.17 bits per heavy atom. The molecule has 0 radical (unpaired) electrons. The highest BCUT2D eigenvalue weighted by Crippen LogP contribution is 2.20. The van der Waals surface area contributed by atoms with Crippen LogP contribution in [0.5, 0.6) is 0 Å². The number of nitrogens with zero attached hydrogens (tertiary/aromatic N) is 1. The van der Waals surface area contributed by atoms with Gasteiger partial charge >= 0.3 is 0 Å². The molecule has 0 bridgehead atoms. The number of aryl methyl sites for hydroxylation is 1. The number of benzene rings is 1. The van der Waals surface area contributed by atoms with Gasteiger partial charge in [-0.25, -0.2) is 4.98 Å². The fraction of sp³-hybridized carbons (Fsp3) is 0.333. The summed E-state index contributed by atoms with van der Waals surface area (Å²) in [5, 5.41) is 6.70. The van der Waals surface area contributed by atoms with Crippen molar-refractivity contribution >= 4 is 28.9 Å². The van der Waals surface area contributed by atoms with Crippen LogP contribution in [0.3, 0.4) is 0 Å². The van der Waals surface area contributed by atoms with Gasteiger partial charge in [-0.3, -0.25) is 4.79 Å². The van der Waals surface area contributed by atoms with Gasteiger partial charge in [-0.2, -0.15) is 0 Å². The monoisotopic (exact) mass is 345 g/mol. The largest absolute Gasteiger partial charge is 0.381 e. The molecule has 24 heavy (non-hydrogen) atoms. The third-order valence-electron chi connectivity index (χ3n) is 3.98. The Hall–Kier alpha value is -2.11. The first-order valence-electron chi connectivity index (χ1n) is 8.01. The van der Waals surface area contributed by atoms with Gasteiger partial charge in [-0.15, -0.1) is 0 Å². The highest BCUT2D eigenvalue weighted by molar-refractivity contribution is 6.31. The third-order valence-corrected chi connectivity index (χ3v) is 4.39. The number of carbonyl (C=O) groups excluding carboxylic acids is 1. The summed E-state index contributed by atoms with van der Waals surface area (Å²) >= 11 is 6.07. The van der Waals surface area contributed by atoms with E-state index < -0.39 is 0 Å². The van der Waals surface area contributed by atoms with Gasteiger partial charge in [-0.05, 0) is 49.6 Å². The minimum Gasteiger partial charge on any atom is -0.381 e. The Bertz CT molecular complexity index is 713. The standard InChI is InChI=1S/C18H20ClN3O2/c1-12-4-5-13(9-16(12)19)22-18(23)17-7-6-14(10-21-17)20-11-15-3-2-8-24-15/h4-7,9-10,15,20H,2-3,8,11H2,1H3,(H,22,23). The number of aromatic nitrogens is 1. The van der Waals surface area contributed by atoms with E-state index >= 15 is 0 Å². The summed E-state index contributed by atoms with van der Waals surface area (Å²) in [5.74, 6) is -0.263. The number of nitrogens with one attached hydrogen (secondary N) is 2. The minimum absolute atomic E-state index is 0.263. The molecule has 1 amide bonds. The van der Waals surface area contributed by atoms with Crippen molar-refractivity contribution in [1.29, 1.82) is 0 Å². The maximum atomic E-state index is 12.2. The molecule has 1 aromatic carbocycles. The molecule has 2 N–H and O–H groups in total. The van der Waals surface area contributed by atoms with Crippen LogP contribution < -0.4 is 10.6 Å². The van der Waals surface area contributed by atoms with E-state index in [-0.39, 0.29) is 12.0 Å². The van der Waals surface area contributed by atoms with Crippen molar-refractivity contribution in [2.45, 2.75) is 25.9 Å². The predicted octanol–water partition coefficient (Wildman–Crippen LogP) is 3.89. The van der Waals surface area contributed by atoms with Crippen molar-refractivity contribution in [3.05, 3.63) is 52.8 Å². The van der Waals surface area contributed by atoms with Crippen LogP contribution in [0.4, 0.5) is 11.4 Å². The number of halogens is 1. The van der Waals surface area contributed by atoms with Crippen molar-refractivity contribution in [3.8, 4) is 0 Å². The Morgan fingerprint density at radius 3 is 2.83 bits per heavy atom. The lowest BCUT2D eigenvalue weighted by molar-refractivity contribution is 0.102. The zero-order chi connectivity index (χ0) is 16.9. The molecule has 1 aliphatic rings. The predicted molar refractivity (Wildman–Crippen MR) is 95.8 cm³/mol. The van der Waals surface area contributed by atoms with Crippen LogP contribution in [0.25, 0.3) is 0 Å². The lowest BCUT2D eigenvalue weighted by atomic mass is 10.2. The SMILES string of the molecule is Cc1ccc(NC(=O)c2ccc(NCC3CCCO3)cn2)cc1Cl. The quantitative estimate of drug-likeness (QED) is 0.863. The highest BCUT2D eigenvalue weighted by atomic mass is 35.5. The van der Waals surface area contributed by atoms with Crippen molar-refractivity contribution in [2.75, 3.05) is 23.8 Å². The van der Waals surface area contributed by atoms with Crippen LogP contribution in [-0.2, 0) is 4.74 Å². The molecule has 1 aromatic heterocycles. The number of hydrogen-bond acceptors (Lipinski definition) is 4. The van der Waals surface area contributed by atoms with Gasteiger partial charge in [0.2, 0.25) is 0 Å². The number of hydrogen-bond donors (Lipinski definition) is 2. The summed E-state index contributed by atoms with van der Waals surface area (Å²) in [6.07, 6.45) is 4.12. The molecule has 1 fully saturated rings. The van der Waals surface area contributed by atoms with Gasteiger partial charge in [-0.1, -0.05) is 17.7 Å². The third kappa shape index (κ3) is 4.24. The van der Waals surface area contributed by atoms with E-state index in [4.69, 9.17) is 16.3 Å². The molecule has 3 rings (SSSR count). The first-order valence-corrected chi connectivity index (χ1v) is 8.38. The summed E-state index contributed by atoms with van der Waals surface area (Å²) < 4.78 is 5.56. The molecule has 1 unspecified atom stereocenters. The average Bonchev–Trinajstić information content (AvgIpc) is 3.10. The van der Waals surface area contributed by atoms with Crippen molar-refractivity contribution in [2.24, 2.45) is 0 Å². The number of rotatable bonds is 5. The fourth-order valence-corrected chi connectivity index (χ4v) is 2.72. The maximum absolute atomic E-state index is 12.2. The maximum Gasteiger partial charge on any atom is 0.274 e. The topological polar surface area (TPSA) is 63.2 Å². The number of carbonyl (C=O) groups is 1. The van der Waals surface area contributed by atoms with Crippen LogP contribution in [0.2, 0.25) is 5.02 Å². The molecule has 1 atom stereocenters. The van der Waals surface area contributed by atoms with Crippen LogP contribution in [0.1, 0.15) is 28.9 Å². The molecule has 5 nitrogen and oxygen atoms in total. The smallest absolute Gasteiger partial charge is 0.274 e. The Balaban J connectivity index is 1.57. The van der Waals surface area contributed by atoms with E-state index in [2.05, 4.69) is 15.6 Å². The van der Waals surface area contributed by atoms with E-state index in [0.29, 0.717) is 16.4 Å². The van der Waals surface area contributed by atoms with Crippen molar-refractivity contribution < 1.29 is 9.53 Å². The molecule has 2 aromatic rings. The van der Waals surface area contributed by atoms with E-state index in [9.17, 15) is 4.79 Å². The molecular formula is C18H20ClN3O2. The van der Waals surface area contributed by atoms with Crippen LogP contribution in [-0.4, -0.2) is 30.1 Å². The summed E-state index contributed by atoms with van der Waals surface area (Å²) in [5.41, 5.74) is 2.85. The molecule has 0 aliphatic carbocycles.